The Morgan fingerprint density at radius 1 is 0.978 bits per heavy atom. The van der Waals surface area contributed by atoms with Crippen LogP contribution in [-0.4, -0.2) is 48.6 Å². The number of nitrogens with one attached hydrogen (secondary N) is 3. The lowest BCUT2D eigenvalue weighted by Gasteiger charge is -2.28. The monoisotopic (exact) mass is 637 g/mol. The number of benzene rings is 2. The molecule has 3 aliphatic rings. The van der Waals surface area contributed by atoms with Crippen LogP contribution in [0.3, 0.4) is 0 Å². The summed E-state index contributed by atoms with van der Waals surface area (Å²) in [4.78, 5) is 52.4. The number of halogens is 1. The van der Waals surface area contributed by atoms with Gasteiger partial charge in [0, 0.05) is 23.0 Å². The number of esters is 1. The maximum absolute atomic E-state index is 13.9. The molecule has 3 fully saturated rings. The van der Waals surface area contributed by atoms with E-state index in [4.69, 9.17) is 21.1 Å². The van der Waals surface area contributed by atoms with Crippen LogP contribution in [-0.2, 0) is 36.9 Å². The topological polar surface area (TPSA) is 123 Å². The fourth-order valence-electron chi connectivity index (χ4n) is 6.74. The van der Waals surface area contributed by atoms with Crippen LogP contribution < -0.4 is 16.0 Å². The lowest BCUT2D eigenvalue weighted by atomic mass is 9.80. The summed E-state index contributed by atoms with van der Waals surface area (Å²) in [6.07, 6.45) is 8.72. The SMILES string of the molecule is COC(=O)[C@H](CCC(=O)NC1(Cc2ccccc2)CC1)NC(=O)[C@]1(CC2CCCCC2)CC1NC(=O)OCc1cccc(Cl)c1. The second-order valence-electron chi connectivity index (χ2n) is 13.1. The Balaban J connectivity index is 1.18. The molecule has 0 spiro atoms. The van der Waals surface area contributed by atoms with Crippen molar-refractivity contribution in [2.24, 2.45) is 11.3 Å². The number of carbonyl (C=O) groups excluding carboxylic acids is 4. The van der Waals surface area contributed by atoms with Crippen molar-refractivity contribution in [1.82, 2.24) is 16.0 Å². The first-order chi connectivity index (χ1) is 21.7. The van der Waals surface area contributed by atoms with Gasteiger partial charge in [0.1, 0.15) is 12.6 Å². The highest BCUT2D eigenvalue weighted by molar-refractivity contribution is 6.30. The van der Waals surface area contributed by atoms with Gasteiger partial charge in [0.05, 0.1) is 12.5 Å². The Hall–Kier alpha value is -3.59. The van der Waals surface area contributed by atoms with Gasteiger partial charge in [-0.3, -0.25) is 9.59 Å². The van der Waals surface area contributed by atoms with Gasteiger partial charge in [-0.25, -0.2) is 9.59 Å². The number of methoxy groups -OCH3 is 1. The van der Waals surface area contributed by atoms with Gasteiger partial charge in [0.25, 0.3) is 0 Å². The van der Waals surface area contributed by atoms with Crippen LogP contribution in [0.25, 0.3) is 0 Å². The van der Waals surface area contributed by atoms with E-state index in [9.17, 15) is 19.2 Å². The maximum atomic E-state index is 13.9. The molecule has 3 saturated carbocycles. The summed E-state index contributed by atoms with van der Waals surface area (Å²) in [6, 6.07) is 15.7. The molecule has 9 nitrogen and oxygen atoms in total. The maximum Gasteiger partial charge on any atom is 0.407 e. The molecule has 2 aromatic carbocycles. The van der Waals surface area contributed by atoms with E-state index in [1.54, 1.807) is 18.2 Å². The normalized spacial score (nSPS) is 22.4. The fraction of sp³-hybridized carbons (Fsp3) is 0.543. The molecule has 242 valence electrons. The molecule has 0 aromatic heterocycles. The zero-order valence-electron chi connectivity index (χ0n) is 25.9. The zero-order chi connectivity index (χ0) is 31.9. The molecule has 5 rings (SSSR count). The van der Waals surface area contributed by atoms with Crippen molar-refractivity contribution in [2.45, 2.75) is 101 Å². The van der Waals surface area contributed by atoms with E-state index < -0.39 is 29.6 Å². The second-order valence-corrected chi connectivity index (χ2v) is 13.5. The summed E-state index contributed by atoms with van der Waals surface area (Å²) in [7, 11) is 1.27. The molecule has 2 aromatic rings. The van der Waals surface area contributed by atoms with Gasteiger partial charge < -0.3 is 25.4 Å². The highest BCUT2D eigenvalue weighted by Gasteiger charge is 2.61. The van der Waals surface area contributed by atoms with E-state index in [0.717, 1.165) is 50.5 Å². The van der Waals surface area contributed by atoms with Gasteiger partial charge in [-0.05, 0) is 67.7 Å². The van der Waals surface area contributed by atoms with Gasteiger partial charge in [0.2, 0.25) is 11.8 Å². The summed E-state index contributed by atoms with van der Waals surface area (Å²) in [6.45, 7) is 0.0556. The van der Waals surface area contributed by atoms with E-state index in [2.05, 4.69) is 28.1 Å². The molecule has 3 atom stereocenters. The van der Waals surface area contributed by atoms with Crippen LogP contribution in [0.4, 0.5) is 4.79 Å². The average molecular weight is 638 g/mol. The Morgan fingerprint density at radius 2 is 1.71 bits per heavy atom. The molecular weight excluding hydrogens is 594 g/mol. The first kappa shape index (κ1) is 32.8. The number of hydrogen-bond donors (Lipinski definition) is 3. The number of rotatable bonds is 14. The Kier molecular flexibility index (Phi) is 10.7. The van der Waals surface area contributed by atoms with E-state index in [-0.39, 0.29) is 36.8 Å². The molecule has 0 bridgehead atoms. The third-order valence-corrected chi connectivity index (χ3v) is 9.79. The summed E-state index contributed by atoms with van der Waals surface area (Å²) < 4.78 is 10.4. The van der Waals surface area contributed by atoms with Crippen molar-refractivity contribution in [3.05, 3.63) is 70.7 Å². The second kappa shape index (κ2) is 14.7. The van der Waals surface area contributed by atoms with Gasteiger partial charge in [-0.2, -0.15) is 0 Å². The van der Waals surface area contributed by atoms with E-state index in [0.29, 0.717) is 23.8 Å². The summed E-state index contributed by atoms with van der Waals surface area (Å²) >= 11 is 6.04. The smallest absolute Gasteiger partial charge is 0.407 e. The largest absolute Gasteiger partial charge is 0.467 e. The molecule has 3 aliphatic carbocycles. The van der Waals surface area contributed by atoms with Gasteiger partial charge in [-0.1, -0.05) is 86.2 Å². The molecule has 45 heavy (non-hydrogen) atoms. The zero-order valence-corrected chi connectivity index (χ0v) is 26.7. The van der Waals surface area contributed by atoms with Crippen LogP contribution in [0.5, 0.6) is 0 Å². The minimum atomic E-state index is -0.975. The minimum Gasteiger partial charge on any atom is -0.467 e. The van der Waals surface area contributed by atoms with Crippen molar-refractivity contribution < 1.29 is 28.7 Å². The van der Waals surface area contributed by atoms with Crippen molar-refractivity contribution in [2.75, 3.05) is 7.11 Å². The van der Waals surface area contributed by atoms with E-state index in [1.165, 1.54) is 19.1 Å². The Morgan fingerprint density at radius 3 is 2.40 bits per heavy atom. The van der Waals surface area contributed by atoms with Crippen LogP contribution in [0.1, 0.15) is 81.8 Å². The Bertz CT molecular complexity index is 1360. The minimum absolute atomic E-state index is 0.0556. The lowest BCUT2D eigenvalue weighted by Crippen LogP contribution is -2.48. The fourth-order valence-corrected chi connectivity index (χ4v) is 6.95. The van der Waals surface area contributed by atoms with E-state index >= 15 is 0 Å². The molecule has 0 radical (unpaired) electrons. The highest BCUT2D eigenvalue weighted by atomic mass is 35.5. The first-order valence-electron chi connectivity index (χ1n) is 16.1. The highest BCUT2D eigenvalue weighted by Crippen LogP contribution is 2.53. The predicted molar refractivity (Wildman–Crippen MR) is 170 cm³/mol. The van der Waals surface area contributed by atoms with Crippen molar-refractivity contribution in [3.8, 4) is 0 Å². The molecule has 0 aliphatic heterocycles. The van der Waals surface area contributed by atoms with Crippen molar-refractivity contribution >= 4 is 35.5 Å². The quantitative estimate of drug-likeness (QED) is 0.231. The lowest BCUT2D eigenvalue weighted by molar-refractivity contribution is -0.146. The molecule has 1 unspecified atom stereocenters. The molecule has 3 amide bonds. The number of amides is 3. The van der Waals surface area contributed by atoms with Crippen LogP contribution >= 0.6 is 11.6 Å². The summed E-state index contributed by atoms with van der Waals surface area (Å²) in [5.74, 6) is -0.690. The molecular formula is C35H44ClN3O6. The van der Waals surface area contributed by atoms with Crippen LogP contribution in [0.2, 0.25) is 5.02 Å². The van der Waals surface area contributed by atoms with Crippen LogP contribution in [0, 0.1) is 11.3 Å². The molecule has 0 saturated heterocycles. The van der Waals surface area contributed by atoms with Gasteiger partial charge in [0.15, 0.2) is 0 Å². The standard InChI is InChI=1S/C35H44ClN3O6/c1-44-31(41)28(15-16-30(40)39-34(17-18-34)20-24-9-4-2-5-10-24)37-32(42)35(21-25-11-6-3-7-12-25)22-29(35)38-33(43)45-23-26-13-8-14-27(36)19-26/h2,4-5,8-10,13-14,19,25,28-29H,3,6-7,11-12,15-18,20-23H2,1H3,(H,37,42)(H,38,43)(H,39,40)/t28-,29?,35+/m0/s1. The van der Waals surface area contributed by atoms with Gasteiger partial charge >= 0.3 is 12.1 Å². The Labute approximate surface area is 270 Å². The molecule has 0 heterocycles. The first-order valence-corrected chi connectivity index (χ1v) is 16.5. The van der Waals surface area contributed by atoms with Crippen LogP contribution in [0.15, 0.2) is 54.6 Å². The summed E-state index contributed by atoms with van der Waals surface area (Å²) in [5.41, 5.74) is 0.830. The predicted octanol–water partition coefficient (Wildman–Crippen LogP) is 5.62. The molecule has 10 heteroatoms. The number of hydrogen-bond acceptors (Lipinski definition) is 6. The average Bonchev–Trinajstić information content (AvgIpc) is 3.95. The van der Waals surface area contributed by atoms with Crippen molar-refractivity contribution in [3.63, 3.8) is 0 Å². The number of ether oxygens (including phenoxy) is 2. The number of alkyl carbamates (subject to hydrolysis) is 1. The number of carbonyl (C=O) groups is 4. The third kappa shape index (κ3) is 9.00. The summed E-state index contributed by atoms with van der Waals surface area (Å²) in [5, 5.41) is 9.50. The van der Waals surface area contributed by atoms with Gasteiger partial charge in [-0.15, -0.1) is 0 Å². The van der Waals surface area contributed by atoms with E-state index in [1.807, 2.05) is 24.3 Å². The molecule has 3 N–H and O–H groups in total. The third-order valence-electron chi connectivity index (χ3n) is 9.55. The van der Waals surface area contributed by atoms with Crippen molar-refractivity contribution in [1.29, 1.82) is 0 Å².